The lowest BCUT2D eigenvalue weighted by molar-refractivity contribution is 0.0448. The van der Waals surface area contributed by atoms with E-state index in [1.54, 1.807) is 6.92 Å². The minimum atomic E-state index is -1.01. The van der Waals surface area contributed by atoms with Crippen LogP contribution in [0.1, 0.15) is 33.2 Å². The third-order valence-electron chi connectivity index (χ3n) is 3.61. The van der Waals surface area contributed by atoms with Crippen LogP contribution in [0.25, 0.3) is 0 Å². The van der Waals surface area contributed by atoms with Crippen molar-refractivity contribution in [1.29, 1.82) is 0 Å². The number of aryl methyl sites for hydroxylation is 1. The zero-order valence-electron chi connectivity index (χ0n) is 12.0. The summed E-state index contributed by atoms with van der Waals surface area (Å²) in [5.41, 5.74) is 1.07. The van der Waals surface area contributed by atoms with E-state index < -0.39 is 12.1 Å². The number of hydrogen-bond acceptors (Lipinski definition) is 6. The lowest BCUT2D eigenvalue weighted by Gasteiger charge is -2.15. The fourth-order valence-corrected chi connectivity index (χ4v) is 2.64. The molecular weight excluding hydrogens is 288 g/mol. The number of methoxy groups -OCH3 is 1. The minimum absolute atomic E-state index is 0.00479. The molecule has 1 unspecified atom stereocenters. The Labute approximate surface area is 126 Å². The molecule has 0 spiro atoms. The second-order valence-corrected chi connectivity index (χ2v) is 5.11. The van der Waals surface area contributed by atoms with E-state index >= 15 is 0 Å². The molecule has 0 saturated heterocycles. The van der Waals surface area contributed by atoms with E-state index in [0.29, 0.717) is 16.9 Å². The molecule has 3 N–H and O–H groups in total. The molecule has 6 heteroatoms. The van der Waals surface area contributed by atoms with Gasteiger partial charge in [-0.2, -0.15) is 0 Å². The Morgan fingerprint density at radius 3 is 2.27 bits per heavy atom. The molecule has 3 rings (SSSR count). The topological polar surface area (TPSA) is 96.2 Å². The average molecular weight is 302 g/mol. The highest BCUT2D eigenvalue weighted by Crippen LogP contribution is 2.47. The molecule has 1 aliphatic rings. The van der Waals surface area contributed by atoms with Crippen LogP contribution in [0.5, 0.6) is 23.0 Å². The van der Waals surface area contributed by atoms with Crippen LogP contribution in [0.15, 0.2) is 24.3 Å². The minimum Gasteiger partial charge on any atom is -0.507 e. The van der Waals surface area contributed by atoms with E-state index in [-0.39, 0.29) is 28.4 Å². The van der Waals surface area contributed by atoms with E-state index in [0.717, 1.165) is 0 Å². The van der Waals surface area contributed by atoms with Crippen molar-refractivity contribution >= 4 is 5.97 Å². The molecule has 22 heavy (non-hydrogen) atoms. The number of esters is 1. The third kappa shape index (κ3) is 2.00. The van der Waals surface area contributed by atoms with Gasteiger partial charge in [0.1, 0.15) is 28.6 Å². The van der Waals surface area contributed by atoms with Gasteiger partial charge in [0.2, 0.25) is 0 Å². The molecule has 2 aromatic rings. The molecule has 0 saturated carbocycles. The molecule has 0 aromatic heterocycles. The van der Waals surface area contributed by atoms with Crippen LogP contribution in [0.4, 0.5) is 0 Å². The van der Waals surface area contributed by atoms with Crippen LogP contribution in [-0.2, 0) is 4.74 Å². The Morgan fingerprint density at radius 2 is 1.68 bits per heavy atom. The monoisotopic (exact) mass is 302 g/mol. The highest BCUT2D eigenvalue weighted by Gasteiger charge is 2.38. The largest absolute Gasteiger partial charge is 0.507 e. The lowest BCUT2D eigenvalue weighted by Crippen LogP contribution is -2.02. The van der Waals surface area contributed by atoms with Crippen LogP contribution >= 0.6 is 0 Å². The van der Waals surface area contributed by atoms with Crippen molar-refractivity contribution in [3.63, 3.8) is 0 Å². The van der Waals surface area contributed by atoms with Gasteiger partial charge in [-0.05, 0) is 30.7 Å². The number of carbonyl (C=O) groups excluding carboxylic acids is 1. The fourth-order valence-electron chi connectivity index (χ4n) is 2.64. The van der Waals surface area contributed by atoms with Gasteiger partial charge in [0.05, 0.1) is 12.7 Å². The standard InChI is InChI=1S/C16H14O6/c1-7-3-10(17)14(11(18)4-7)15-9-5-8(21-2)6-12(19)13(9)16(20)22-15/h3-6,15,17-19H,1-2H3. The summed E-state index contributed by atoms with van der Waals surface area (Å²) < 4.78 is 10.3. The van der Waals surface area contributed by atoms with Crippen molar-refractivity contribution in [3.8, 4) is 23.0 Å². The van der Waals surface area contributed by atoms with Gasteiger partial charge in [0.15, 0.2) is 6.10 Å². The molecule has 6 nitrogen and oxygen atoms in total. The molecule has 1 heterocycles. The van der Waals surface area contributed by atoms with Crippen LogP contribution < -0.4 is 4.74 Å². The first-order chi connectivity index (χ1) is 10.4. The van der Waals surface area contributed by atoms with Gasteiger partial charge in [0, 0.05) is 11.6 Å². The molecule has 0 amide bonds. The number of hydrogen-bond donors (Lipinski definition) is 3. The highest BCUT2D eigenvalue weighted by atomic mass is 16.6. The van der Waals surface area contributed by atoms with E-state index in [1.807, 2.05) is 0 Å². The summed E-state index contributed by atoms with van der Waals surface area (Å²) >= 11 is 0. The predicted molar refractivity (Wildman–Crippen MR) is 76.4 cm³/mol. The third-order valence-corrected chi connectivity index (χ3v) is 3.61. The molecule has 1 aliphatic heterocycles. The zero-order valence-corrected chi connectivity index (χ0v) is 12.0. The Kier molecular flexibility index (Phi) is 3.09. The van der Waals surface area contributed by atoms with Crippen molar-refractivity contribution < 1.29 is 29.6 Å². The van der Waals surface area contributed by atoms with E-state index in [1.165, 1.54) is 31.4 Å². The number of phenolic OH excluding ortho intramolecular Hbond substituents is 3. The summed E-state index contributed by atoms with van der Waals surface area (Å²) in [5, 5.41) is 30.1. The number of phenols is 3. The van der Waals surface area contributed by atoms with E-state index in [2.05, 4.69) is 0 Å². The van der Waals surface area contributed by atoms with Crippen molar-refractivity contribution in [2.24, 2.45) is 0 Å². The molecule has 2 aromatic carbocycles. The van der Waals surface area contributed by atoms with Gasteiger partial charge in [0.25, 0.3) is 0 Å². The maximum absolute atomic E-state index is 12.0. The summed E-state index contributed by atoms with van der Waals surface area (Å²) in [4.78, 5) is 12.0. The number of rotatable bonds is 2. The van der Waals surface area contributed by atoms with Crippen molar-refractivity contribution in [1.82, 2.24) is 0 Å². The lowest BCUT2D eigenvalue weighted by atomic mass is 9.96. The SMILES string of the molecule is COc1cc(O)c2c(c1)C(c1c(O)cc(C)cc1O)OC2=O. The first-order valence-electron chi connectivity index (χ1n) is 6.56. The van der Waals surface area contributed by atoms with Gasteiger partial charge in [-0.15, -0.1) is 0 Å². The van der Waals surface area contributed by atoms with Gasteiger partial charge in [-0.25, -0.2) is 4.79 Å². The summed E-state index contributed by atoms with van der Waals surface area (Å²) in [7, 11) is 1.43. The molecular formula is C16H14O6. The van der Waals surface area contributed by atoms with Gasteiger partial charge in [-0.3, -0.25) is 0 Å². The van der Waals surface area contributed by atoms with Crippen LogP contribution in [0.3, 0.4) is 0 Å². The number of carbonyl (C=O) groups is 1. The predicted octanol–water partition coefficient (Wildman–Crippen LogP) is 2.38. The zero-order chi connectivity index (χ0) is 16.0. The normalized spacial score (nSPS) is 16.3. The Balaban J connectivity index is 2.22. The molecule has 114 valence electrons. The first kappa shape index (κ1) is 14.1. The van der Waals surface area contributed by atoms with Gasteiger partial charge in [-0.1, -0.05) is 0 Å². The fraction of sp³-hybridized carbons (Fsp3) is 0.188. The van der Waals surface area contributed by atoms with Crippen LogP contribution in [0.2, 0.25) is 0 Å². The second-order valence-electron chi connectivity index (χ2n) is 5.11. The van der Waals surface area contributed by atoms with E-state index in [9.17, 15) is 20.1 Å². The summed E-state index contributed by atoms with van der Waals surface area (Å²) in [5.74, 6) is -1.03. The first-order valence-corrected chi connectivity index (χ1v) is 6.56. The molecule has 0 aliphatic carbocycles. The van der Waals surface area contributed by atoms with Gasteiger partial charge >= 0.3 is 5.97 Å². The molecule has 0 radical (unpaired) electrons. The average Bonchev–Trinajstić information content (AvgIpc) is 2.75. The van der Waals surface area contributed by atoms with Crippen LogP contribution in [-0.4, -0.2) is 28.4 Å². The smallest absolute Gasteiger partial charge is 0.343 e. The van der Waals surface area contributed by atoms with E-state index in [4.69, 9.17) is 9.47 Å². The summed E-state index contributed by atoms with van der Waals surface area (Å²) in [6.07, 6.45) is -1.01. The van der Waals surface area contributed by atoms with Gasteiger partial charge < -0.3 is 24.8 Å². The van der Waals surface area contributed by atoms with Crippen molar-refractivity contribution in [2.45, 2.75) is 13.0 Å². The Morgan fingerprint density at radius 1 is 1.05 bits per heavy atom. The van der Waals surface area contributed by atoms with Crippen LogP contribution in [0, 0.1) is 6.92 Å². The number of fused-ring (bicyclic) bond motifs is 1. The Bertz CT molecular complexity index is 757. The number of benzene rings is 2. The summed E-state index contributed by atoms with van der Waals surface area (Å²) in [6.45, 7) is 1.71. The maximum Gasteiger partial charge on any atom is 0.343 e. The summed E-state index contributed by atoms with van der Waals surface area (Å²) in [6, 6.07) is 5.75. The molecule has 0 fully saturated rings. The number of cyclic esters (lactones) is 1. The molecule has 1 atom stereocenters. The van der Waals surface area contributed by atoms with Crippen molar-refractivity contribution in [3.05, 3.63) is 46.5 Å². The Hall–Kier alpha value is -2.89. The number of ether oxygens (including phenoxy) is 2. The maximum atomic E-state index is 12.0. The van der Waals surface area contributed by atoms with Crippen molar-refractivity contribution in [2.75, 3.05) is 7.11 Å². The molecule has 0 bridgehead atoms. The highest BCUT2D eigenvalue weighted by molar-refractivity contribution is 5.98. The second kappa shape index (κ2) is 4.84. The number of aromatic hydroxyl groups is 3. The quantitative estimate of drug-likeness (QED) is 0.737.